The number of rotatable bonds is 4. The van der Waals surface area contributed by atoms with Crippen molar-refractivity contribution >= 4 is 22.2 Å². The van der Waals surface area contributed by atoms with Gasteiger partial charge in [-0.15, -0.1) is 0 Å². The second-order valence-electron chi connectivity index (χ2n) is 10.6. The Labute approximate surface area is 234 Å². The maximum atomic E-state index is 16.2. The highest BCUT2D eigenvalue weighted by Gasteiger charge is 2.38. The van der Waals surface area contributed by atoms with Crippen LogP contribution in [0.1, 0.15) is 38.4 Å². The third-order valence-electron chi connectivity index (χ3n) is 8.27. The fraction of sp³-hybridized carbons (Fsp3) is 0.344. The number of benzene rings is 2. The van der Waals surface area contributed by atoms with Crippen molar-refractivity contribution in [3.63, 3.8) is 0 Å². The molecule has 2 N–H and O–H groups in total. The summed E-state index contributed by atoms with van der Waals surface area (Å²) in [5.74, 6) is 1.19. The van der Waals surface area contributed by atoms with Crippen LogP contribution in [0.3, 0.4) is 0 Å². The summed E-state index contributed by atoms with van der Waals surface area (Å²) in [6.45, 7) is 8.44. The summed E-state index contributed by atoms with van der Waals surface area (Å²) in [7, 11) is 2.18. The van der Waals surface area contributed by atoms with Crippen molar-refractivity contribution in [1.82, 2.24) is 29.2 Å². The second-order valence-corrected chi connectivity index (χ2v) is 10.6. The zero-order chi connectivity index (χ0) is 27.8. The van der Waals surface area contributed by atoms with E-state index in [1.54, 1.807) is 12.3 Å². The van der Waals surface area contributed by atoms with E-state index in [9.17, 15) is 0 Å². The average Bonchev–Trinajstić information content (AvgIpc) is 3.35. The molecule has 2 fully saturated rings. The molecular weight excluding hydrogens is 501 g/mol. The molecule has 1 aliphatic carbocycles. The smallest absolute Gasteiger partial charge is 0.158 e. The van der Waals surface area contributed by atoms with Gasteiger partial charge < -0.3 is 10.6 Å². The average molecular weight is 538 g/mol. The van der Waals surface area contributed by atoms with Crippen molar-refractivity contribution in [2.45, 2.75) is 38.6 Å². The van der Waals surface area contributed by atoms with E-state index in [2.05, 4.69) is 21.8 Å². The number of piperazine rings is 1. The number of halogens is 1. The van der Waals surface area contributed by atoms with E-state index in [0.29, 0.717) is 40.1 Å². The predicted octanol–water partition coefficient (Wildman–Crippen LogP) is 5.85. The van der Waals surface area contributed by atoms with Gasteiger partial charge in [-0.05, 0) is 32.0 Å². The van der Waals surface area contributed by atoms with Crippen LogP contribution in [0.2, 0.25) is 0 Å². The van der Waals surface area contributed by atoms with Crippen molar-refractivity contribution in [3.05, 3.63) is 78.6 Å². The minimum absolute atomic E-state index is 0.300. The Kier molecular flexibility index (Phi) is 7.21. The summed E-state index contributed by atoms with van der Waals surface area (Å²) in [5.41, 5.74) is 9.95. The molecule has 4 heterocycles. The topological polar surface area (TPSA) is 75.6 Å². The second kappa shape index (κ2) is 10.9. The van der Waals surface area contributed by atoms with Crippen LogP contribution in [0, 0.1) is 5.82 Å². The van der Waals surface area contributed by atoms with Gasteiger partial charge in [0.25, 0.3) is 0 Å². The Bertz CT molecular complexity index is 1630. The minimum atomic E-state index is -0.390. The Morgan fingerprint density at radius 2 is 1.62 bits per heavy atom. The zero-order valence-corrected chi connectivity index (χ0v) is 23.4. The molecule has 1 saturated heterocycles. The number of likely N-dealkylation sites (N-methyl/N-ethyl adjacent to an activating group) is 1. The first-order valence-electron chi connectivity index (χ1n) is 14.3. The van der Waals surface area contributed by atoms with E-state index in [0.717, 1.165) is 61.5 Å². The van der Waals surface area contributed by atoms with Gasteiger partial charge in [0.2, 0.25) is 0 Å². The first-order chi connectivity index (χ1) is 19.6. The van der Waals surface area contributed by atoms with Crippen LogP contribution >= 0.6 is 0 Å². The molecule has 5 aromatic rings. The highest BCUT2D eigenvalue weighted by Crippen LogP contribution is 2.42. The molecule has 0 unspecified atom stereocenters. The van der Waals surface area contributed by atoms with Gasteiger partial charge in [0.15, 0.2) is 5.82 Å². The molecule has 40 heavy (non-hydrogen) atoms. The molecule has 0 amide bonds. The summed E-state index contributed by atoms with van der Waals surface area (Å²) in [6.07, 6.45) is 5.68. The molecule has 0 bridgehead atoms. The van der Waals surface area contributed by atoms with E-state index in [-0.39, 0.29) is 5.82 Å². The van der Waals surface area contributed by atoms with Gasteiger partial charge in [0.05, 0.1) is 5.69 Å². The first kappa shape index (κ1) is 26.3. The van der Waals surface area contributed by atoms with Crippen LogP contribution in [-0.4, -0.2) is 68.4 Å². The number of hydrogen-bond donors (Lipinski definition) is 1. The van der Waals surface area contributed by atoms with Crippen LogP contribution in [0.5, 0.6) is 0 Å². The minimum Gasteiger partial charge on any atom is -0.382 e. The quantitative estimate of drug-likeness (QED) is 0.310. The molecule has 7 rings (SSSR count). The van der Waals surface area contributed by atoms with E-state index in [1.165, 1.54) is 0 Å². The molecule has 3 aromatic heterocycles. The van der Waals surface area contributed by atoms with Crippen molar-refractivity contribution in [2.24, 2.45) is 0 Å². The number of aromatic nitrogens is 4. The number of pyridine rings is 1. The van der Waals surface area contributed by atoms with Crippen LogP contribution in [0.15, 0.2) is 67.0 Å². The van der Waals surface area contributed by atoms with E-state index in [1.807, 2.05) is 73.0 Å². The van der Waals surface area contributed by atoms with Gasteiger partial charge in [-0.25, -0.2) is 19.3 Å². The summed E-state index contributed by atoms with van der Waals surface area (Å²) in [5, 5.41) is 0.745. The van der Waals surface area contributed by atoms with E-state index in [4.69, 9.17) is 15.7 Å². The van der Waals surface area contributed by atoms with Crippen molar-refractivity contribution in [3.8, 4) is 22.5 Å². The number of nitrogens with zero attached hydrogens (tertiary/aromatic N) is 6. The highest BCUT2D eigenvalue weighted by molar-refractivity contribution is 5.92. The molecule has 7 nitrogen and oxygen atoms in total. The fourth-order valence-corrected chi connectivity index (χ4v) is 5.95. The van der Waals surface area contributed by atoms with Gasteiger partial charge in [0, 0.05) is 67.0 Å². The lowest BCUT2D eigenvalue weighted by Gasteiger charge is -2.45. The van der Waals surface area contributed by atoms with Gasteiger partial charge in [-0.3, -0.25) is 9.30 Å². The number of anilines is 1. The maximum absolute atomic E-state index is 16.2. The Morgan fingerprint density at radius 1 is 0.900 bits per heavy atom. The molecule has 0 radical (unpaired) electrons. The highest BCUT2D eigenvalue weighted by atomic mass is 19.1. The van der Waals surface area contributed by atoms with Crippen LogP contribution in [0.4, 0.5) is 10.2 Å². The number of nitrogens with two attached hydrogens (primary N) is 1. The fourth-order valence-electron chi connectivity index (χ4n) is 5.95. The largest absolute Gasteiger partial charge is 0.382 e. The summed E-state index contributed by atoms with van der Waals surface area (Å²) in [4.78, 5) is 19.0. The lowest BCUT2D eigenvalue weighted by molar-refractivity contribution is 0.0586. The van der Waals surface area contributed by atoms with Crippen molar-refractivity contribution < 1.29 is 4.39 Å². The van der Waals surface area contributed by atoms with Crippen molar-refractivity contribution in [2.75, 3.05) is 39.0 Å². The first-order valence-corrected chi connectivity index (χ1v) is 14.3. The Hall–Kier alpha value is -3.88. The normalized spacial score (nSPS) is 19.8. The number of imidazole rings is 1. The third-order valence-corrected chi connectivity index (χ3v) is 8.27. The molecule has 2 aromatic carbocycles. The molecule has 1 saturated carbocycles. The predicted molar refractivity (Wildman–Crippen MR) is 160 cm³/mol. The number of fused-ring (bicyclic) bond motifs is 2. The number of hydrogen-bond acceptors (Lipinski definition) is 6. The van der Waals surface area contributed by atoms with Gasteiger partial charge in [0.1, 0.15) is 28.4 Å². The lowest BCUT2D eigenvalue weighted by atomic mass is 9.78. The molecule has 206 valence electrons. The van der Waals surface area contributed by atoms with Gasteiger partial charge in [-0.2, -0.15) is 0 Å². The molecule has 1 aliphatic heterocycles. The monoisotopic (exact) mass is 537 g/mol. The molecule has 0 spiro atoms. The van der Waals surface area contributed by atoms with E-state index < -0.39 is 0 Å². The van der Waals surface area contributed by atoms with Gasteiger partial charge >= 0.3 is 0 Å². The van der Waals surface area contributed by atoms with Crippen molar-refractivity contribution in [1.29, 1.82) is 0 Å². The summed E-state index contributed by atoms with van der Waals surface area (Å²) < 4.78 is 18.2. The molecule has 0 atom stereocenters. The summed E-state index contributed by atoms with van der Waals surface area (Å²) >= 11 is 0. The zero-order valence-electron chi connectivity index (χ0n) is 23.4. The maximum Gasteiger partial charge on any atom is 0.158 e. The number of nitrogen functional groups attached to an aromatic ring is 1. The molecule has 8 heteroatoms. The van der Waals surface area contributed by atoms with Gasteiger partial charge in [-0.1, -0.05) is 56.3 Å². The summed E-state index contributed by atoms with van der Waals surface area (Å²) in [6, 6.07) is 17.9. The van der Waals surface area contributed by atoms with E-state index >= 15 is 4.39 Å². The lowest BCUT2D eigenvalue weighted by Crippen LogP contribution is -2.52. The third kappa shape index (κ3) is 4.61. The van der Waals surface area contributed by atoms with Crippen LogP contribution in [0.25, 0.3) is 38.9 Å². The molecular formula is C32H36FN7. The molecule has 2 aliphatic rings. The Morgan fingerprint density at radius 3 is 2.38 bits per heavy atom. The van der Waals surface area contributed by atoms with Crippen LogP contribution in [-0.2, 0) is 0 Å². The van der Waals surface area contributed by atoms with Crippen LogP contribution < -0.4 is 5.73 Å². The SMILES string of the molecule is CC.CN1CCN(C2CC(c3nc(-c4ccc5ccc(-c6ccccc6)nc5c4F)c4c(N)nccn34)C2)CC1. The standard InChI is InChI=1S/C30H30FN7.C2H6/c1-36-13-15-37(16-14-36)22-17-21(18-22)30-35-27(28-29(32)33-11-12-38(28)30)23-9-7-20-8-10-24(34-26(20)25(23)31)19-5-3-2-4-6-19;1-2/h2-12,21-22H,13-18H2,1H3,(H2,32,33);1-2H3. The Balaban J connectivity index is 0.00000142.